The molecule has 0 N–H and O–H groups in total. The van der Waals surface area contributed by atoms with Crippen molar-refractivity contribution < 1.29 is 14.1 Å². The van der Waals surface area contributed by atoms with E-state index in [1.165, 1.54) is 19.2 Å². The summed E-state index contributed by atoms with van der Waals surface area (Å²) in [7, 11) is 1.44. The number of nitro benzene ring substituents is 1. The maximum Gasteiger partial charge on any atom is 0.292 e. The maximum atomic E-state index is 13.9. The highest BCUT2D eigenvalue weighted by atomic mass is 19.1. The van der Waals surface area contributed by atoms with E-state index in [9.17, 15) is 14.5 Å². The van der Waals surface area contributed by atoms with Gasteiger partial charge in [0, 0.05) is 44.0 Å². The molecule has 0 bridgehead atoms. The Morgan fingerprint density at radius 3 is 2.40 bits per heavy atom. The molecular weight excluding hydrogens is 325 g/mol. The molecule has 0 unspecified atom stereocenters. The van der Waals surface area contributed by atoms with E-state index in [0.717, 1.165) is 11.3 Å². The Bertz CT molecular complexity index is 789. The average Bonchev–Trinajstić information content (AvgIpc) is 2.61. The van der Waals surface area contributed by atoms with Crippen LogP contribution in [0.15, 0.2) is 36.4 Å². The molecule has 0 atom stereocenters. The molecule has 1 aliphatic rings. The molecular formula is C18H20FN3O3. The zero-order valence-electron chi connectivity index (χ0n) is 14.2. The Morgan fingerprint density at radius 1 is 1.12 bits per heavy atom. The minimum Gasteiger partial charge on any atom is -0.494 e. The lowest BCUT2D eigenvalue weighted by molar-refractivity contribution is -0.384. The number of nitrogens with zero attached hydrogens (tertiary/aromatic N) is 3. The molecule has 1 fully saturated rings. The lowest BCUT2D eigenvalue weighted by Crippen LogP contribution is -2.47. The number of nitro groups is 1. The van der Waals surface area contributed by atoms with E-state index in [-0.39, 0.29) is 16.4 Å². The summed E-state index contributed by atoms with van der Waals surface area (Å²) in [6.07, 6.45) is 0. The predicted octanol–water partition coefficient (Wildman–Crippen LogP) is 3.38. The second kappa shape index (κ2) is 6.96. The van der Waals surface area contributed by atoms with E-state index >= 15 is 0 Å². The summed E-state index contributed by atoms with van der Waals surface area (Å²) in [5.74, 6) is -0.171. The van der Waals surface area contributed by atoms with Crippen molar-refractivity contribution in [1.29, 1.82) is 0 Å². The number of hydrogen-bond donors (Lipinski definition) is 0. The first-order valence-electron chi connectivity index (χ1n) is 8.08. The molecule has 0 saturated carbocycles. The van der Waals surface area contributed by atoms with Gasteiger partial charge in [0.15, 0.2) is 11.6 Å². The first-order valence-corrected chi connectivity index (χ1v) is 8.08. The Labute approximate surface area is 145 Å². The van der Waals surface area contributed by atoms with Crippen molar-refractivity contribution in [2.24, 2.45) is 0 Å². The minimum atomic E-state index is -0.392. The van der Waals surface area contributed by atoms with Gasteiger partial charge in [0.05, 0.1) is 12.0 Å². The lowest BCUT2D eigenvalue weighted by atomic mass is 10.1. The standard InChI is InChI=1S/C18H20FN3O3/c1-13-4-3-5-16(22(23)24)18(13)21-10-8-20(9-11-21)14-6-7-17(25-2)15(19)12-14/h3-7,12H,8-11H2,1-2H3. The first-order chi connectivity index (χ1) is 12.0. The second-order valence-corrected chi connectivity index (χ2v) is 5.99. The number of piperazine rings is 1. The van der Waals surface area contributed by atoms with Crippen LogP contribution in [0.4, 0.5) is 21.5 Å². The van der Waals surface area contributed by atoms with E-state index in [2.05, 4.69) is 4.90 Å². The van der Waals surface area contributed by atoms with Gasteiger partial charge in [-0.3, -0.25) is 10.1 Å². The van der Waals surface area contributed by atoms with E-state index in [1.54, 1.807) is 12.1 Å². The average molecular weight is 345 g/mol. The van der Waals surface area contributed by atoms with Crippen molar-refractivity contribution in [3.63, 3.8) is 0 Å². The molecule has 1 saturated heterocycles. The number of para-hydroxylation sites is 1. The van der Waals surface area contributed by atoms with Gasteiger partial charge in [-0.2, -0.15) is 0 Å². The van der Waals surface area contributed by atoms with Crippen LogP contribution in [0, 0.1) is 22.9 Å². The monoisotopic (exact) mass is 345 g/mol. The molecule has 0 aromatic heterocycles. The van der Waals surface area contributed by atoms with Crippen LogP contribution in [0.2, 0.25) is 0 Å². The summed E-state index contributed by atoms with van der Waals surface area (Å²) in [6, 6.07) is 10.0. The molecule has 132 valence electrons. The summed E-state index contributed by atoms with van der Waals surface area (Å²) >= 11 is 0. The van der Waals surface area contributed by atoms with E-state index < -0.39 is 5.82 Å². The predicted molar refractivity (Wildman–Crippen MR) is 95.2 cm³/mol. The molecule has 25 heavy (non-hydrogen) atoms. The smallest absolute Gasteiger partial charge is 0.292 e. The van der Waals surface area contributed by atoms with Crippen molar-refractivity contribution in [1.82, 2.24) is 0 Å². The number of ether oxygens (including phenoxy) is 1. The van der Waals surface area contributed by atoms with Crippen molar-refractivity contribution in [3.8, 4) is 5.75 Å². The Morgan fingerprint density at radius 2 is 1.80 bits per heavy atom. The number of rotatable bonds is 4. The Kier molecular flexibility index (Phi) is 4.74. The zero-order chi connectivity index (χ0) is 18.0. The van der Waals surface area contributed by atoms with Gasteiger partial charge in [0.2, 0.25) is 0 Å². The van der Waals surface area contributed by atoms with Crippen LogP contribution in [0.5, 0.6) is 5.75 Å². The molecule has 3 rings (SSSR count). The highest BCUT2D eigenvalue weighted by molar-refractivity contribution is 5.68. The van der Waals surface area contributed by atoms with Crippen molar-refractivity contribution in [3.05, 3.63) is 57.9 Å². The highest BCUT2D eigenvalue weighted by Gasteiger charge is 2.25. The summed E-state index contributed by atoms with van der Waals surface area (Å²) in [4.78, 5) is 15.1. The number of methoxy groups -OCH3 is 1. The normalized spacial score (nSPS) is 14.5. The molecule has 0 aliphatic carbocycles. The highest BCUT2D eigenvalue weighted by Crippen LogP contribution is 2.33. The third kappa shape index (κ3) is 3.35. The number of anilines is 2. The number of halogens is 1. The van der Waals surface area contributed by atoms with Gasteiger partial charge >= 0.3 is 0 Å². The summed E-state index contributed by atoms with van der Waals surface area (Å²) < 4.78 is 18.9. The fourth-order valence-corrected chi connectivity index (χ4v) is 3.24. The van der Waals surface area contributed by atoms with Crippen LogP contribution in [-0.4, -0.2) is 38.2 Å². The molecule has 0 spiro atoms. The SMILES string of the molecule is COc1ccc(N2CCN(c3c(C)cccc3[N+](=O)[O-])CC2)cc1F. The fourth-order valence-electron chi connectivity index (χ4n) is 3.24. The summed E-state index contributed by atoms with van der Waals surface area (Å²) in [5.41, 5.74) is 2.48. The molecule has 7 heteroatoms. The molecule has 2 aromatic rings. The van der Waals surface area contributed by atoms with Crippen LogP contribution < -0.4 is 14.5 Å². The van der Waals surface area contributed by atoms with Gasteiger partial charge in [-0.1, -0.05) is 12.1 Å². The molecule has 2 aromatic carbocycles. The number of hydrogen-bond acceptors (Lipinski definition) is 5. The van der Waals surface area contributed by atoms with Crippen molar-refractivity contribution >= 4 is 17.1 Å². The fraction of sp³-hybridized carbons (Fsp3) is 0.333. The van der Waals surface area contributed by atoms with Crippen molar-refractivity contribution in [2.75, 3.05) is 43.1 Å². The van der Waals surface area contributed by atoms with E-state index in [0.29, 0.717) is 31.9 Å². The van der Waals surface area contributed by atoms with Crippen LogP contribution in [-0.2, 0) is 0 Å². The summed E-state index contributed by atoms with van der Waals surface area (Å²) in [5, 5.41) is 11.3. The number of aryl methyl sites for hydroxylation is 1. The zero-order valence-corrected chi connectivity index (χ0v) is 14.2. The Balaban J connectivity index is 1.77. The van der Waals surface area contributed by atoms with Gasteiger partial charge in [-0.15, -0.1) is 0 Å². The first kappa shape index (κ1) is 17.0. The van der Waals surface area contributed by atoms with Crippen molar-refractivity contribution in [2.45, 2.75) is 6.92 Å². The van der Waals surface area contributed by atoms with Crippen LogP contribution >= 0.6 is 0 Å². The molecule has 1 heterocycles. The summed E-state index contributed by atoms with van der Waals surface area (Å²) in [6.45, 7) is 4.49. The molecule has 0 amide bonds. The van der Waals surface area contributed by atoms with Gasteiger partial charge in [-0.25, -0.2) is 4.39 Å². The van der Waals surface area contributed by atoms with Crippen LogP contribution in [0.1, 0.15) is 5.56 Å². The third-order valence-electron chi connectivity index (χ3n) is 4.51. The second-order valence-electron chi connectivity index (χ2n) is 5.99. The van der Waals surface area contributed by atoms with Crippen LogP contribution in [0.3, 0.4) is 0 Å². The van der Waals surface area contributed by atoms with E-state index in [1.807, 2.05) is 24.0 Å². The van der Waals surface area contributed by atoms with Gasteiger partial charge in [-0.05, 0) is 24.6 Å². The minimum absolute atomic E-state index is 0.129. The lowest BCUT2D eigenvalue weighted by Gasteiger charge is -2.37. The Hall–Kier alpha value is -2.83. The third-order valence-corrected chi connectivity index (χ3v) is 4.51. The molecule has 6 nitrogen and oxygen atoms in total. The molecule has 1 aliphatic heterocycles. The van der Waals surface area contributed by atoms with Gasteiger partial charge in [0.25, 0.3) is 5.69 Å². The van der Waals surface area contributed by atoms with E-state index in [4.69, 9.17) is 4.74 Å². The maximum absolute atomic E-state index is 13.9. The van der Waals surface area contributed by atoms with Gasteiger partial charge in [0.1, 0.15) is 5.69 Å². The molecule has 0 radical (unpaired) electrons. The number of benzene rings is 2. The largest absolute Gasteiger partial charge is 0.494 e. The van der Waals surface area contributed by atoms with Gasteiger partial charge < -0.3 is 14.5 Å². The quantitative estimate of drug-likeness (QED) is 0.628. The topological polar surface area (TPSA) is 58.8 Å². The van der Waals surface area contributed by atoms with Crippen LogP contribution in [0.25, 0.3) is 0 Å².